The van der Waals surface area contributed by atoms with Gasteiger partial charge in [0, 0.05) is 11.1 Å². The summed E-state index contributed by atoms with van der Waals surface area (Å²) in [6.07, 6.45) is 7.22. The number of Topliss-reactive ketones (excluding diaryl/α,β-unsaturated/α-hetero) is 1. The molecule has 0 aliphatic heterocycles. The topological polar surface area (TPSA) is 17.1 Å². The van der Waals surface area contributed by atoms with Gasteiger partial charge in [0.15, 0.2) is 5.78 Å². The van der Waals surface area contributed by atoms with Crippen LogP contribution in [0.1, 0.15) is 48.2 Å². The largest absolute Gasteiger partial charge is 0.293 e. The second-order valence-electron chi connectivity index (χ2n) is 5.28. The highest BCUT2D eigenvalue weighted by Crippen LogP contribution is 2.31. The Hall–Kier alpha value is -1.15. The molecular formula is C16H18OS. The Morgan fingerprint density at radius 3 is 2.72 bits per heavy atom. The van der Waals surface area contributed by atoms with Gasteiger partial charge < -0.3 is 0 Å². The molecule has 0 saturated heterocycles. The molecule has 0 atom stereocenters. The average Bonchev–Trinajstić information content (AvgIpc) is 2.84. The van der Waals surface area contributed by atoms with E-state index in [4.69, 9.17) is 0 Å². The Morgan fingerprint density at radius 2 is 1.94 bits per heavy atom. The van der Waals surface area contributed by atoms with Gasteiger partial charge in [-0.2, -0.15) is 0 Å². The quantitative estimate of drug-likeness (QED) is 0.704. The van der Waals surface area contributed by atoms with E-state index in [9.17, 15) is 4.79 Å². The van der Waals surface area contributed by atoms with Crippen molar-refractivity contribution in [2.24, 2.45) is 5.92 Å². The Morgan fingerprint density at radius 1 is 1.17 bits per heavy atom. The van der Waals surface area contributed by atoms with E-state index in [2.05, 4.69) is 18.2 Å². The maximum atomic E-state index is 12.3. The van der Waals surface area contributed by atoms with Crippen LogP contribution in [0.5, 0.6) is 0 Å². The SMILES string of the molecule is O=C(CC1CCCCC1)c1cc2ccccc2s1. The molecule has 1 aliphatic carbocycles. The molecule has 1 fully saturated rings. The first-order chi connectivity index (χ1) is 8.83. The maximum absolute atomic E-state index is 12.3. The third-order valence-electron chi connectivity index (χ3n) is 3.90. The van der Waals surface area contributed by atoms with E-state index in [0.717, 1.165) is 11.3 Å². The highest BCUT2D eigenvalue weighted by atomic mass is 32.1. The summed E-state index contributed by atoms with van der Waals surface area (Å²) in [4.78, 5) is 13.2. The molecular weight excluding hydrogens is 240 g/mol. The van der Waals surface area contributed by atoms with Gasteiger partial charge >= 0.3 is 0 Å². The highest BCUT2D eigenvalue weighted by Gasteiger charge is 2.19. The molecule has 0 amide bonds. The molecule has 0 bridgehead atoms. The lowest BCUT2D eigenvalue weighted by Crippen LogP contribution is -2.11. The lowest BCUT2D eigenvalue weighted by molar-refractivity contribution is 0.0954. The van der Waals surface area contributed by atoms with Crippen molar-refractivity contribution < 1.29 is 4.79 Å². The zero-order valence-corrected chi connectivity index (χ0v) is 11.3. The predicted molar refractivity (Wildman–Crippen MR) is 77.3 cm³/mol. The Balaban J connectivity index is 1.74. The van der Waals surface area contributed by atoms with Crippen LogP contribution in [0.2, 0.25) is 0 Å². The molecule has 1 aromatic heterocycles. The molecule has 0 radical (unpaired) electrons. The number of carbonyl (C=O) groups excluding carboxylic acids is 1. The van der Waals surface area contributed by atoms with Gasteiger partial charge in [-0.05, 0) is 23.4 Å². The average molecular weight is 258 g/mol. The summed E-state index contributed by atoms with van der Waals surface area (Å²) in [5.74, 6) is 0.986. The zero-order chi connectivity index (χ0) is 12.4. The molecule has 1 saturated carbocycles. The van der Waals surface area contributed by atoms with Crippen LogP contribution in [-0.4, -0.2) is 5.78 Å². The van der Waals surface area contributed by atoms with Gasteiger partial charge in [-0.15, -0.1) is 11.3 Å². The number of fused-ring (bicyclic) bond motifs is 1. The molecule has 0 unspecified atom stereocenters. The first-order valence-corrected chi connectivity index (χ1v) is 7.66. The Kier molecular flexibility index (Phi) is 3.46. The number of thiophene rings is 1. The van der Waals surface area contributed by atoms with Crippen molar-refractivity contribution in [2.45, 2.75) is 38.5 Å². The molecule has 1 aromatic carbocycles. The fraction of sp³-hybridized carbons (Fsp3) is 0.438. The van der Waals surface area contributed by atoms with Crippen molar-refractivity contribution in [3.05, 3.63) is 35.2 Å². The molecule has 0 N–H and O–H groups in total. The molecule has 18 heavy (non-hydrogen) atoms. The van der Waals surface area contributed by atoms with E-state index in [1.807, 2.05) is 12.1 Å². The van der Waals surface area contributed by atoms with Gasteiger partial charge in [0.2, 0.25) is 0 Å². The minimum atomic E-state index is 0.350. The highest BCUT2D eigenvalue weighted by molar-refractivity contribution is 7.20. The molecule has 3 rings (SSSR count). The summed E-state index contributed by atoms with van der Waals surface area (Å²) in [5.41, 5.74) is 0. The van der Waals surface area contributed by atoms with E-state index in [1.54, 1.807) is 11.3 Å². The fourth-order valence-corrected chi connectivity index (χ4v) is 3.88. The van der Waals surface area contributed by atoms with Crippen LogP contribution >= 0.6 is 11.3 Å². The molecule has 2 heteroatoms. The van der Waals surface area contributed by atoms with Crippen molar-refractivity contribution in [3.8, 4) is 0 Å². The Labute approximate surface area is 112 Å². The minimum absolute atomic E-state index is 0.350. The number of hydrogen-bond donors (Lipinski definition) is 0. The van der Waals surface area contributed by atoms with Crippen molar-refractivity contribution in [3.63, 3.8) is 0 Å². The van der Waals surface area contributed by atoms with Gasteiger partial charge in [0.1, 0.15) is 0 Å². The number of carbonyl (C=O) groups is 1. The van der Waals surface area contributed by atoms with Crippen LogP contribution in [0.15, 0.2) is 30.3 Å². The molecule has 0 spiro atoms. The van der Waals surface area contributed by atoms with Crippen molar-refractivity contribution >= 4 is 27.2 Å². The van der Waals surface area contributed by atoms with Gasteiger partial charge in [-0.3, -0.25) is 4.79 Å². The standard InChI is InChI=1S/C16H18OS/c17-14(10-12-6-2-1-3-7-12)16-11-13-8-4-5-9-15(13)18-16/h4-5,8-9,11-12H,1-3,6-7,10H2. The van der Waals surface area contributed by atoms with Crippen molar-refractivity contribution in [1.82, 2.24) is 0 Å². The predicted octanol–water partition coefficient (Wildman–Crippen LogP) is 5.05. The normalized spacial score (nSPS) is 17.1. The molecule has 1 nitrogen and oxygen atoms in total. The second-order valence-corrected chi connectivity index (χ2v) is 6.36. The first kappa shape index (κ1) is 11.9. The van der Waals surface area contributed by atoms with E-state index in [1.165, 1.54) is 42.2 Å². The molecule has 94 valence electrons. The van der Waals surface area contributed by atoms with Gasteiger partial charge in [0.25, 0.3) is 0 Å². The second kappa shape index (κ2) is 5.23. The lowest BCUT2D eigenvalue weighted by atomic mass is 9.85. The van der Waals surface area contributed by atoms with Crippen molar-refractivity contribution in [2.75, 3.05) is 0 Å². The zero-order valence-electron chi connectivity index (χ0n) is 10.5. The van der Waals surface area contributed by atoms with E-state index in [-0.39, 0.29) is 0 Å². The Bertz CT molecular complexity index is 516. The molecule has 1 aliphatic rings. The number of rotatable bonds is 3. The summed E-state index contributed by atoms with van der Waals surface area (Å²) in [6, 6.07) is 10.3. The smallest absolute Gasteiger partial charge is 0.173 e. The van der Waals surface area contributed by atoms with Crippen LogP contribution in [0, 0.1) is 5.92 Å². The fourth-order valence-electron chi connectivity index (χ4n) is 2.87. The molecule has 2 aromatic rings. The summed E-state index contributed by atoms with van der Waals surface area (Å²) in [5, 5.41) is 1.20. The minimum Gasteiger partial charge on any atom is -0.293 e. The number of hydrogen-bond acceptors (Lipinski definition) is 2. The maximum Gasteiger partial charge on any atom is 0.173 e. The third-order valence-corrected chi connectivity index (χ3v) is 5.06. The van der Waals surface area contributed by atoms with Crippen LogP contribution in [0.3, 0.4) is 0 Å². The summed E-state index contributed by atoms with van der Waals surface area (Å²) in [7, 11) is 0. The van der Waals surface area contributed by atoms with Crippen LogP contribution in [-0.2, 0) is 0 Å². The molecule has 1 heterocycles. The first-order valence-electron chi connectivity index (χ1n) is 6.85. The van der Waals surface area contributed by atoms with Crippen LogP contribution < -0.4 is 0 Å². The number of ketones is 1. The summed E-state index contributed by atoms with van der Waals surface area (Å²) in [6.45, 7) is 0. The van der Waals surface area contributed by atoms with E-state index in [0.29, 0.717) is 11.7 Å². The monoisotopic (exact) mass is 258 g/mol. The van der Waals surface area contributed by atoms with E-state index >= 15 is 0 Å². The number of benzene rings is 1. The van der Waals surface area contributed by atoms with Gasteiger partial charge in [0.05, 0.1) is 4.88 Å². The summed E-state index contributed by atoms with van der Waals surface area (Å²) < 4.78 is 1.23. The van der Waals surface area contributed by atoms with Crippen LogP contribution in [0.4, 0.5) is 0 Å². The van der Waals surface area contributed by atoms with E-state index < -0.39 is 0 Å². The van der Waals surface area contributed by atoms with Crippen molar-refractivity contribution in [1.29, 1.82) is 0 Å². The third kappa shape index (κ3) is 2.49. The van der Waals surface area contributed by atoms with Gasteiger partial charge in [-0.25, -0.2) is 0 Å². The lowest BCUT2D eigenvalue weighted by Gasteiger charge is -2.20. The van der Waals surface area contributed by atoms with Gasteiger partial charge in [-0.1, -0.05) is 50.3 Å². The summed E-state index contributed by atoms with van der Waals surface area (Å²) >= 11 is 1.64. The van der Waals surface area contributed by atoms with Crippen LogP contribution in [0.25, 0.3) is 10.1 Å².